The van der Waals surface area contributed by atoms with E-state index in [4.69, 9.17) is 0 Å². The van der Waals surface area contributed by atoms with Gasteiger partial charge in [-0.2, -0.15) is 0 Å². The third-order valence-electron chi connectivity index (χ3n) is 3.97. The number of amides is 2. The average Bonchev–Trinajstić information content (AvgIpc) is 2.78. The summed E-state index contributed by atoms with van der Waals surface area (Å²) in [5, 5.41) is 4.99. The molecule has 2 amide bonds. The molecule has 32 heavy (non-hydrogen) atoms. The largest absolute Gasteiger partial charge is 0.467 e. The Morgan fingerprint density at radius 1 is 0.844 bits per heavy atom. The van der Waals surface area contributed by atoms with Gasteiger partial charge in [0, 0.05) is 20.3 Å². The quantitative estimate of drug-likeness (QED) is 0.505. The van der Waals surface area contributed by atoms with Gasteiger partial charge in [0.15, 0.2) is 0 Å². The monoisotopic (exact) mass is 440 g/mol. The highest BCUT2D eigenvalue weighted by Crippen LogP contribution is 2.06. The molecule has 8 nitrogen and oxygen atoms in total. The number of esters is 2. The van der Waals surface area contributed by atoms with Crippen LogP contribution in [0.15, 0.2) is 66.4 Å². The first-order chi connectivity index (χ1) is 15.3. The van der Waals surface area contributed by atoms with Gasteiger partial charge in [0.05, 0.1) is 14.2 Å². The number of benzene rings is 2. The second kappa shape index (κ2) is 14.1. The minimum absolute atomic E-state index is 0.126. The summed E-state index contributed by atoms with van der Waals surface area (Å²) >= 11 is 0. The van der Waals surface area contributed by atoms with Gasteiger partial charge in [-0.1, -0.05) is 60.7 Å². The zero-order valence-corrected chi connectivity index (χ0v) is 18.6. The van der Waals surface area contributed by atoms with E-state index in [9.17, 15) is 19.2 Å². The summed E-state index contributed by atoms with van der Waals surface area (Å²) < 4.78 is 9.20. The van der Waals surface area contributed by atoms with Gasteiger partial charge in [0.1, 0.15) is 11.7 Å². The number of ether oxygens (including phenoxy) is 2. The standard InChI is InChI=1S/C12H15NO3.C12H13NO3/c2*1-9(14)13-11(12(15)16-2)8-10-6-4-3-5-7-10/h3-7,11H,8H2,1-2H3,(H,13,14);3-8H,1-2H3,(H,13,14)/b;11-8-/t11-;/m0./s1. The lowest BCUT2D eigenvalue weighted by molar-refractivity contribution is -0.144. The van der Waals surface area contributed by atoms with Crippen LogP contribution in [0.4, 0.5) is 0 Å². The molecule has 0 aromatic heterocycles. The van der Waals surface area contributed by atoms with Gasteiger partial charge in [-0.15, -0.1) is 0 Å². The van der Waals surface area contributed by atoms with Crippen molar-refractivity contribution in [3.05, 3.63) is 77.5 Å². The van der Waals surface area contributed by atoms with Crippen LogP contribution in [0.3, 0.4) is 0 Å². The molecule has 2 aromatic rings. The number of methoxy groups -OCH3 is 2. The molecular formula is C24H28N2O6. The lowest BCUT2D eigenvalue weighted by atomic mass is 10.1. The van der Waals surface area contributed by atoms with E-state index in [2.05, 4.69) is 20.1 Å². The minimum atomic E-state index is -0.620. The number of rotatable bonds is 7. The summed E-state index contributed by atoms with van der Waals surface area (Å²) in [5.41, 5.74) is 1.92. The zero-order valence-electron chi connectivity index (χ0n) is 18.6. The molecule has 2 rings (SSSR count). The highest BCUT2D eigenvalue weighted by atomic mass is 16.5. The Balaban J connectivity index is 0.000000320. The van der Waals surface area contributed by atoms with Crippen LogP contribution in [0, 0.1) is 0 Å². The maximum atomic E-state index is 11.4. The predicted molar refractivity (Wildman–Crippen MR) is 120 cm³/mol. The third kappa shape index (κ3) is 10.2. The lowest BCUT2D eigenvalue weighted by Gasteiger charge is -2.15. The first-order valence-corrected chi connectivity index (χ1v) is 9.78. The molecule has 2 aromatic carbocycles. The first-order valence-electron chi connectivity index (χ1n) is 9.78. The fourth-order valence-corrected chi connectivity index (χ4v) is 2.59. The molecule has 0 unspecified atom stereocenters. The number of carbonyl (C=O) groups excluding carboxylic acids is 4. The normalized spacial score (nSPS) is 11.2. The van der Waals surface area contributed by atoms with E-state index < -0.39 is 18.0 Å². The van der Waals surface area contributed by atoms with E-state index in [1.165, 1.54) is 28.1 Å². The maximum absolute atomic E-state index is 11.4. The second-order valence-electron chi connectivity index (χ2n) is 6.61. The van der Waals surface area contributed by atoms with Gasteiger partial charge >= 0.3 is 11.9 Å². The van der Waals surface area contributed by atoms with E-state index >= 15 is 0 Å². The molecule has 1 atom stereocenters. The van der Waals surface area contributed by atoms with Crippen molar-refractivity contribution in [2.24, 2.45) is 0 Å². The van der Waals surface area contributed by atoms with Gasteiger partial charge < -0.3 is 20.1 Å². The maximum Gasteiger partial charge on any atom is 0.354 e. The van der Waals surface area contributed by atoms with Crippen molar-refractivity contribution in [2.75, 3.05) is 14.2 Å². The van der Waals surface area contributed by atoms with Gasteiger partial charge in [-0.3, -0.25) is 9.59 Å². The molecule has 0 fully saturated rings. The van der Waals surface area contributed by atoms with Crippen LogP contribution < -0.4 is 10.6 Å². The van der Waals surface area contributed by atoms with Crippen molar-refractivity contribution < 1.29 is 28.7 Å². The molecule has 0 aliphatic heterocycles. The summed E-state index contributed by atoms with van der Waals surface area (Å²) in [5.74, 6) is -1.56. The fraction of sp³-hybridized carbons (Fsp3) is 0.250. The van der Waals surface area contributed by atoms with Crippen LogP contribution in [-0.4, -0.2) is 44.0 Å². The topological polar surface area (TPSA) is 111 Å². The van der Waals surface area contributed by atoms with Crippen molar-refractivity contribution in [2.45, 2.75) is 26.3 Å². The lowest BCUT2D eigenvalue weighted by Crippen LogP contribution is -2.41. The van der Waals surface area contributed by atoms with E-state index in [1.54, 1.807) is 6.08 Å². The highest BCUT2D eigenvalue weighted by Gasteiger charge is 2.20. The van der Waals surface area contributed by atoms with E-state index in [-0.39, 0.29) is 17.5 Å². The minimum Gasteiger partial charge on any atom is -0.467 e. The predicted octanol–water partition coefficient (Wildman–Crippen LogP) is 2.24. The van der Waals surface area contributed by atoms with Crippen molar-refractivity contribution in [1.82, 2.24) is 10.6 Å². The van der Waals surface area contributed by atoms with E-state index in [0.717, 1.165) is 11.1 Å². The number of hydrogen-bond donors (Lipinski definition) is 2. The molecule has 0 saturated heterocycles. The Morgan fingerprint density at radius 2 is 1.41 bits per heavy atom. The molecule has 0 radical (unpaired) electrons. The Labute approximate surface area is 187 Å². The Morgan fingerprint density at radius 3 is 1.88 bits per heavy atom. The Hall–Kier alpha value is -3.94. The molecule has 0 saturated carbocycles. The molecule has 8 heteroatoms. The van der Waals surface area contributed by atoms with Gasteiger partial charge in [-0.05, 0) is 17.2 Å². The first kappa shape index (κ1) is 26.1. The molecule has 2 N–H and O–H groups in total. The number of hydrogen-bond acceptors (Lipinski definition) is 6. The van der Waals surface area contributed by atoms with Crippen molar-refractivity contribution in [3.63, 3.8) is 0 Å². The van der Waals surface area contributed by atoms with Crippen molar-refractivity contribution >= 4 is 29.8 Å². The van der Waals surface area contributed by atoms with Gasteiger partial charge in [0.2, 0.25) is 11.8 Å². The average molecular weight is 440 g/mol. The Kier molecular flexibility index (Phi) is 11.5. The van der Waals surface area contributed by atoms with E-state index in [0.29, 0.717) is 6.42 Å². The molecule has 0 spiro atoms. The van der Waals surface area contributed by atoms with Crippen molar-refractivity contribution in [3.8, 4) is 0 Å². The molecule has 170 valence electrons. The summed E-state index contributed by atoms with van der Waals surface area (Å²) in [6, 6.07) is 18.1. The molecule has 0 aliphatic carbocycles. The van der Waals surface area contributed by atoms with Crippen LogP contribution in [0.2, 0.25) is 0 Å². The summed E-state index contributed by atoms with van der Waals surface area (Å²) in [6.45, 7) is 2.71. The smallest absolute Gasteiger partial charge is 0.354 e. The Bertz CT molecular complexity index is 926. The molecule has 0 bridgehead atoms. The van der Waals surface area contributed by atoms with Gasteiger partial charge in [-0.25, -0.2) is 9.59 Å². The van der Waals surface area contributed by atoms with Crippen LogP contribution in [0.25, 0.3) is 6.08 Å². The van der Waals surface area contributed by atoms with Gasteiger partial charge in [0.25, 0.3) is 0 Å². The molecular weight excluding hydrogens is 412 g/mol. The number of carbonyl (C=O) groups is 4. The summed E-state index contributed by atoms with van der Waals surface area (Å²) in [7, 11) is 2.57. The number of nitrogens with one attached hydrogen (secondary N) is 2. The second-order valence-corrected chi connectivity index (χ2v) is 6.61. The highest BCUT2D eigenvalue weighted by molar-refractivity contribution is 5.97. The van der Waals surface area contributed by atoms with Crippen LogP contribution in [0.5, 0.6) is 0 Å². The van der Waals surface area contributed by atoms with Crippen LogP contribution in [0.1, 0.15) is 25.0 Å². The summed E-state index contributed by atoms with van der Waals surface area (Å²) in [4.78, 5) is 44.6. The molecule has 0 aliphatic rings. The molecule has 0 heterocycles. The van der Waals surface area contributed by atoms with E-state index in [1.807, 2.05) is 60.7 Å². The zero-order chi connectivity index (χ0) is 23.9. The van der Waals surface area contributed by atoms with Crippen LogP contribution in [-0.2, 0) is 35.1 Å². The summed E-state index contributed by atoms with van der Waals surface area (Å²) in [6.07, 6.45) is 2.00. The third-order valence-corrected chi connectivity index (χ3v) is 3.97. The fourth-order valence-electron chi connectivity index (χ4n) is 2.59. The van der Waals surface area contributed by atoms with Crippen LogP contribution >= 0.6 is 0 Å². The SMILES string of the molecule is COC(=O)/C(=C/c1ccccc1)NC(C)=O.COC(=O)[C@H](Cc1ccccc1)NC(C)=O. The van der Waals surface area contributed by atoms with Crippen molar-refractivity contribution in [1.29, 1.82) is 0 Å².